The summed E-state index contributed by atoms with van der Waals surface area (Å²) in [5.74, 6) is 0.173. The lowest BCUT2D eigenvalue weighted by molar-refractivity contribution is 1.22. The Morgan fingerprint density at radius 2 is 1.85 bits per heavy atom. The van der Waals surface area contributed by atoms with Gasteiger partial charge in [-0.05, 0) is 12.1 Å². The van der Waals surface area contributed by atoms with E-state index in [0.29, 0.717) is 0 Å². The van der Waals surface area contributed by atoms with Crippen molar-refractivity contribution in [2.45, 2.75) is 0 Å². The molecule has 0 aliphatic carbocycles. The molecule has 0 amide bonds. The maximum absolute atomic E-state index is 9.26. The summed E-state index contributed by atoms with van der Waals surface area (Å²) in [6.07, 6.45) is 1.64. The largest absolute Gasteiger partial charge is 0.396 e. The summed E-state index contributed by atoms with van der Waals surface area (Å²) in [5, 5.41) is 20.6. The van der Waals surface area contributed by atoms with Crippen molar-refractivity contribution in [3.63, 3.8) is 0 Å². The van der Waals surface area contributed by atoms with Gasteiger partial charge in [-0.3, -0.25) is 0 Å². The van der Waals surface area contributed by atoms with E-state index in [1.165, 1.54) is 6.07 Å². The van der Waals surface area contributed by atoms with E-state index in [4.69, 9.17) is 11.0 Å². The molecule has 0 spiro atoms. The first kappa shape index (κ1) is 15.4. The van der Waals surface area contributed by atoms with Crippen molar-refractivity contribution in [2.24, 2.45) is 4.99 Å². The molecular formula is C20H12N6. The summed E-state index contributed by atoms with van der Waals surface area (Å²) in [4.78, 5) is 11.8. The van der Waals surface area contributed by atoms with E-state index in [1.807, 2.05) is 48.5 Å². The van der Waals surface area contributed by atoms with Gasteiger partial charge in [0, 0.05) is 28.1 Å². The Morgan fingerprint density at radius 1 is 1.04 bits per heavy atom. The number of nitrogens with one attached hydrogen (secondary N) is 1. The summed E-state index contributed by atoms with van der Waals surface area (Å²) in [7, 11) is 0. The molecule has 6 nitrogen and oxygen atoms in total. The van der Waals surface area contributed by atoms with Gasteiger partial charge < -0.3 is 10.7 Å². The minimum atomic E-state index is 0.0555. The molecule has 0 saturated carbocycles. The number of aromatic amines is 1. The number of para-hydroxylation sites is 2. The lowest BCUT2D eigenvalue weighted by atomic mass is 10.1. The van der Waals surface area contributed by atoms with Crippen molar-refractivity contribution in [1.82, 2.24) is 9.97 Å². The number of H-pyrrole nitrogens is 1. The van der Waals surface area contributed by atoms with Gasteiger partial charge >= 0.3 is 0 Å². The van der Waals surface area contributed by atoms with Crippen LogP contribution in [-0.2, 0) is 0 Å². The molecule has 4 rings (SSSR count). The second kappa shape index (κ2) is 6.04. The van der Waals surface area contributed by atoms with Crippen LogP contribution in [0, 0.1) is 22.7 Å². The molecule has 3 N–H and O–H groups in total. The molecule has 0 fully saturated rings. The van der Waals surface area contributed by atoms with Gasteiger partial charge in [0.05, 0.1) is 16.8 Å². The minimum absolute atomic E-state index is 0.0555. The first-order valence-corrected chi connectivity index (χ1v) is 7.85. The topological polar surface area (TPSA) is 115 Å². The van der Waals surface area contributed by atoms with Gasteiger partial charge in [-0.1, -0.05) is 36.4 Å². The highest BCUT2D eigenvalue weighted by Gasteiger charge is 2.10. The Bertz CT molecular complexity index is 1270. The summed E-state index contributed by atoms with van der Waals surface area (Å²) < 4.78 is 0. The number of aromatic nitrogens is 2. The number of benzene rings is 2. The summed E-state index contributed by atoms with van der Waals surface area (Å²) in [6.45, 7) is 0. The number of nitrogen functional groups attached to an aromatic ring is 1. The third kappa shape index (κ3) is 2.43. The van der Waals surface area contributed by atoms with Crippen LogP contribution in [0.4, 0.5) is 11.5 Å². The normalized spacial score (nSPS) is 11.0. The molecular weight excluding hydrogens is 324 g/mol. The highest BCUT2D eigenvalue weighted by Crippen LogP contribution is 2.27. The van der Waals surface area contributed by atoms with Crippen LogP contribution in [0.5, 0.6) is 0 Å². The Morgan fingerprint density at radius 3 is 2.65 bits per heavy atom. The Kier molecular flexibility index (Phi) is 3.57. The molecule has 0 unspecified atom stereocenters. The Balaban J connectivity index is 1.86. The molecule has 4 aromatic rings. The van der Waals surface area contributed by atoms with Crippen molar-refractivity contribution >= 4 is 39.5 Å². The molecule has 26 heavy (non-hydrogen) atoms. The van der Waals surface area contributed by atoms with Crippen molar-refractivity contribution in [1.29, 1.82) is 10.5 Å². The molecule has 0 aliphatic heterocycles. The first-order chi connectivity index (χ1) is 12.7. The van der Waals surface area contributed by atoms with Crippen LogP contribution in [0.25, 0.3) is 21.8 Å². The maximum atomic E-state index is 9.26. The smallest absolute Gasteiger partial charge is 0.171 e. The van der Waals surface area contributed by atoms with Crippen molar-refractivity contribution in [3.8, 4) is 12.1 Å². The standard InChI is InChI=1S/C20H12N6/c21-9-13-8-16(23)18(10-22)26-20(13)24-11-12-4-3-6-15-14-5-1-2-7-17(14)25-19(12)15/h1-8,11,25H,23H2. The fourth-order valence-electron chi connectivity index (χ4n) is 2.92. The predicted molar refractivity (Wildman–Crippen MR) is 101 cm³/mol. The van der Waals surface area contributed by atoms with E-state index >= 15 is 0 Å². The molecule has 2 aromatic carbocycles. The van der Waals surface area contributed by atoms with Crippen molar-refractivity contribution in [3.05, 3.63) is 65.4 Å². The number of hydrogen-bond acceptors (Lipinski definition) is 5. The zero-order valence-electron chi connectivity index (χ0n) is 13.6. The average Bonchev–Trinajstić information content (AvgIpc) is 3.06. The zero-order valence-corrected chi connectivity index (χ0v) is 13.6. The Hall–Kier alpha value is -4.16. The van der Waals surface area contributed by atoms with Crippen molar-refractivity contribution in [2.75, 3.05) is 5.73 Å². The van der Waals surface area contributed by atoms with Crippen LogP contribution in [0.1, 0.15) is 16.8 Å². The van der Waals surface area contributed by atoms with Gasteiger partial charge in [0.15, 0.2) is 11.5 Å². The molecule has 0 bridgehead atoms. The van der Waals surface area contributed by atoms with E-state index < -0.39 is 0 Å². The molecule has 0 radical (unpaired) electrons. The average molecular weight is 336 g/mol. The van der Waals surface area contributed by atoms with Crippen LogP contribution < -0.4 is 5.73 Å². The molecule has 122 valence electrons. The number of anilines is 1. The van der Waals surface area contributed by atoms with Gasteiger partial charge in [0.25, 0.3) is 0 Å². The lowest BCUT2D eigenvalue weighted by Gasteiger charge is -2.01. The summed E-state index contributed by atoms with van der Waals surface area (Å²) >= 11 is 0. The summed E-state index contributed by atoms with van der Waals surface area (Å²) in [5.41, 5.74) is 9.01. The van der Waals surface area contributed by atoms with Gasteiger partial charge in [-0.25, -0.2) is 9.98 Å². The second-order valence-electron chi connectivity index (χ2n) is 5.72. The number of nitriles is 2. The quantitative estimate of drug-likeness (QED) is 0.542. The fraction of sp³-hybridized carbons (Fsp3) is 0. The molecule has 0 atom stereocenters. The number of hydrogen-bond donors (Lipinski definition) is 2. The van der Waals surface area contributed by atoms with Crippen LogP contribution in [0.3, 0.4) is 0 Å². The number of aliphatic imine (C=N–C) groups is 1. The van der Waals surface area contributed by atoms with Crippen LogP contribution in [-0.4, -0.2) is 16.2 Å². The minimum Gasteiger partial charge on any atom is -0.396 e. The number of nitrogens with zero attached hydrogens (tertiary/aromatic N) is 4. The number of rotatable bonds is 2. The van der Waals surface area contributed by atoms with Gasteiger partial charge in [-0.15, -0.1) is 0 Å². The third-order valence-corrected chi connectivity index (χ3v) is 4.16. The molecule has 6 heteroatoms. The lowest BCUT2D eigenvalue weighted by Crippen LogP contribution is -1.96. The van der Waals surface area contributed by atoms with Gasteiger partial charge in [-0.2, -0.15) is 10.5 Å². The maximum Gasteiger partial charge on any atom is 0.171 e. The SMILES string of the molecule is N#Cc1cc(N)c(C#N)nc1N=Cc1cccc2c1[nH]c1ccccc12. The van der Waals surface area contributed by atoms with E-state index in [0.717, 1.165) is 27.4 Å². The Labute approximate surface area is 148 Å². The van der Waals surface area contributed by atoms with E-state index in [1.54, 1.807) is 6.21 Å². The highest BCUT2D eigenvalue weighted by molar-refractivity contribution is 6.12. The van der Waals surface area contributed by atoms with Crippen LogP contribution in [0.15, 0.2) is 53.5 Å². The van der Waals surface area contributed by atoms with E-state index in [2.05, 4.69) is 21.0 Å². The third-order valence-electron chi connectivity index (χ3n) is 4.16. The second-order valence-corrected chi connectivity index (χ2v) is 5.72. The predicted octanol–water partition coefficient (Wildman–Crippen LogP) is 3.79. The zero-order chi connectivity index (χ0) is 18.1. The van der Waals surface area contributed by atoms with Crippen LogP contribution >= 0.6 is 0 Å². The number of pyridine rings is 1. The highest BCUT2D eigenvalue weighted by atomic mass is 14.9. The van der Waals surface area contributed by atoms with Gasteiger partial charge in [0.1, 0.15) is 12.1 Å². The molecule has 0 aliphatic rings. The fourth-order valence-corrected chi connectivity index (χ4v) is 2.92. The van der Waals surface area contributed by atoms with Crippen molar-refractivity contribution < 1.29 is 0 Å². The first-order valence-electron chi connectivity index (χ1n) is 7.85. The van der Waals surface area contributed by atoms with E-state index in [9.17, 15) is 5.26 Å². The molecule has 0 saturated heterocycles. The van der Waals surface area contributed by atoms with E-state index in [-0.39, 0.29) is 22.8 Å². The summed E-state index contributed by atoms with van der Waals surface area (Å²) in [6, 6.07) is 19.3. The molecule has 2 aromatic heterocycles. The monoisotopic (exact) mass is 336 g/mol. The number of fused-ring (bicyclic) bond motifs is 3. The number of nitrogens with two attached hydrogens (primary N) is 1. The van der Waals surface area contributed by atoms with Crippen LogP contribution in [0.2, 0.25) is 0 Å². The molecule has 2 heterocycles. The van der Waals surface area contributed by atoms with Gasteiger partial charge in [0.2, 0.25) is 0 Å².